The van der Waals surface area contributed by atoms with Gasteiger partial charge < -0.3 is 15.2 Å². The highest BCUT2D eigenvalue weighted by Gasteiger charge is 2.35. The fourth-order valence-electron chi connectivity index (χ4n) is 3.16. The third kappa shape index (κ3) is 4.20. The van der Waals surface area contributed by atoms with Crippen molar-refractivity contribution in [1.29, 1.82) is 0 Å². The first-order chi connectivity index (χ1) is 11.5. The molecule has 2 N–H and O–H groups in total. The Morgan fingerprint density at radius 2 is 1.96 bits per heavy atom. The van der Waals surface area contributed by atoms with Gasteiger partial charge in [-0.2, -0.15) is 0 Å². The number of hydrogen-bond acceptors (Lipinski definition) is 4. The molecule has 1 saturated heterocycles. The van der Waals surface area contributed by atoms with Gasteiger partial charge in [-0.1, -0.05) is 18.2 Å². The molecule has 0 radical (unpaired) electrons. The van der Waals surface area contributed by atoms with Crippen LogP contribution in [0.3, 0.4) is 0 Å². The molecule has 4 heteroatoms. The van der Waals surface area contributed by atoms with Crippen molar-refractivity contribution in [1.82, 2.24) is 4.90 Å². The summed E-state index contributed by atoms with van der Waals surface area (Å²) in [6, 6.07) is 15.8. The fourth-order valence-corrected chi connectivity index (χ4v) is 3.16. The zero-order valence-electron chi connectivity index (χ0n) is 14.5. The quantitative estimate of drug-likeness (QED) is 0.826. The van der Waals surface area contributed by atoms with Crippen LogP contribution in [0, 0.1) is 6.92 Å². The van der Waals surface area contributed by atoms with E-state index in [-0.39, 0.29) is 5.60 Å². The van der Waals surface area contributed by atoms with Gasteiger partial charge in [0.25, 0.3) is 0 Å². The Morgan fingerprint density at radius 3 is 2.71 bits per heavy atom. The topological polar surface area (TPSA) is 47.7 Å². The number of benzene rings is 2. The second-order valence-electron chi connectivity index (χ2n) is 6.76. The molecule has 4 nitrogen and oxygen atoms in total. The van der Waals surface area contributed by atoms with Crippen LogP contribution >= 0.6 is 0 Å². The standard InChI is InChI=1S/C20H26N2O2/c1-16-14-17(21)8-9-19(16)24-20(2)10-11-22(15-20)12-13-23-18-6-4-3-5-7-18/h3-9,14H,10-13,15,21H2,1-2H3. The maximum absolute atomic E-state index is 6.31. The predicted molar refractivity (Wildman–Crippen MR) is 97.6 cm³/mol. The number of aryl methyl sites for hydroxylation is 1. The van der Waals surface area contributed by atoms with Crippen LogP contribution in [-0.2, 0) is 0 Å². The zero-order chi connectivity index (χ0) is 17.0. The normalized spacial score (nSPS) is 20.9. The Balaban J connectivity index is 1.50. The van der Waals surface area contributed by atoms with Gasteiger partial charge in [0.1, 0.15) is 23.7 Å². The molecule has 0 bridgehead atoms. The van der Waals surface area contributed by atoms with E-state index < -0.39 is 0 Å². The Labute approximate surface area is 144 Å². The number of nitrogen functional groups attached to an aromatic ring is 1. The van der Waals surface area contributed by atoms with Gasteiger partial charge in [0.15, 0.2) is 0 Å². The van der Waals surface area contributed by atoms with Crippen LogP contribution in [0.25, 0.3) is 0 Å². The molecule has 1 fully saturated rings. The van der Waals surface area contributed by atoms with Crippen LogP contribution in [0.15, 0.2) is 48.5 Å². The first kappa shape index (κ1) is 16.7. The van der Waals surface area contributed by atoms with Crippen molar-refractivity contribution in [2.45, 2.75) is 25.9 Å². The van der Waals surface area contributed by atoms with Gasteiger partial charge in [-0.05, 0) is 49.7 Å². The number of nitrogens with two attached hydrogens (primary N) is 1. The van der Waals surface area contributed by atoms with Gasteiger partial charge in [0.05, 0.1) is 0 Å². The van der Waals surface area contributed by atoms with Crippen LogP contribution in [0.5, 0.6) is 11.5 Å². The molecule has 0 amide bonds. The third-order valence-electron chi connectivity index (χ3n) is 4.49. The first-order valence-corrected chi connectivity index (χ1v) is 8.49. The number of rotatable bonds is 6. The molecule has 1 atom stereocenters. The van der Waals surface area contributed by atoms with Crippen molar-refractivity contribution in [3.63, 3.8) is 0 Å². The summed E-state index contributed by atoms with van der Waals surface area (Å²) in [5.41, 5.74) is 7.52. The molecule has 0 saturated carbocycles. The summed E-state index contributed by atoms with van der Waals surface area (Å²) in [6.07, 6.45) is 1.02. The molecule has 1 unspecified atom stereocenters. The lowest BCUT2D eigenvalue weighted by molar-refractivity contribution is 0.0927. The zero-order valence-corrected chi connectivity index (χ0v) is 14.5. The van der Waals surface area contributed by atoms with Gasteiger partial charge in [0, 0.05) is 31.7 Å². The first-order valence-electron chi connectivity index (χ1n) is 8.49. The van der Waals surface area contributed by atoms with Crippen molar-refractivity contribution < 1.29 is 9.47 Å². The van der Waals surface area contributed by atoms with E-state index in [4.69, 9.17) is 15.2 Å². The van der Waals surface area contributed by atoms with Crippen LogP contribution < -0.4 is 15.2 Å². The minimum atomic E-state index is -0.159. The minimum Gasteiger partial charge on any atom is -0.492 e. The molecule has 0 aliphatic carbocycles. The number of anilines is 1. The summed E-state index contributed by atoms with van der Waals surface area (Å²) < 4.78 is 12.1. The molecule has 0 spiro atoms. The SMILES string of the molecule is Cc1cc(N)ccc1OC1(C)CCN(CCOc2ccccc2)C1. The molecule has 128 valence electrons. The number of likely N-dealkylation sites (tertiary alicyclic amines) is 1. The van der Waals surface area contributed by atoms with Crippen LogP contribution in [-0.4, -0.2) is 36.7 Å². The number of hydrogen-bond donors (Lipinski definition) is 1. The van der Waals surface area contributed by atoms with Crippen molar-refractivity contribution in [2.24, 2.45) is 0 Å². The van der Waals surface area contributed by atoms with Crippen molar-refractivity contribution in [3.05, 3.63) is 54.1 Å². The van der Waals surface area contributed by atoms with E-state index in [0.717, 1.165) is 48.8 Å². The highest BCUT2D eigenvalue weighted by Crippen LogP contribution is 2.30. The van der Waals surface area contributed by atoms with Crippen molar-refractivity contribution >= 4 is 5.69 Å². The Kier molecular flexibility index (Phi) is 4.95. The smallest absolute Gasteiger partial charge is 0.123 e. The summed E-state index contributed by atoms with van der Waals surface area (Å²) >= 11 is 0. The summed E-state index contributed by atoms with van der Waals surface area (Å²) in [7, 11) is 0. The lowest BCUT2D eigenvalue weighted by atomic mass is 10.1. The lowest BCUT2D eigenvalue weighted by Gasteiger charge is -2.27. The molecule has 1 heterocycles. The van der Waals surface area contributed by atoms with Gasteiger partial charge >= 0.3 is 0 Å². The second kappa shape index (κ2) is 7.14. The minimum absolute atomic E-state index is 0.159. The Morgan fingerprint density at radius 1 is 1.17 bits per heavy atom. The number of para-hydroxylation sites is 1. The van der Waals surface area contributed by atoms with Crippen LogP contribution in [0.4, 0.5) is 5.69 Å². The van der Waals surface area contributed by atoms with Gasteiger partial charge in [-0.25, -0.2) is 0 Å². The highest BCUT2D eigenvalue weighted by atomic mass is 16.5. The van der Waals surface area contributed by atoms with Gasteiger partial charge in [-0.15, -0.1) is 0 Å². The van der Waals surface area contributed by atoms with E-state index in [1.54, 1.807) is 0 Å². The van der Waals surface area contributed by atoms with E-state index >= 15 is 0 Å². The van der Waals surface area contributed by atoms with E-state index in [2.05, 4.69) is 11.8 Å². The van der Waals surface area contributed by atoms with Crippen LogP contribution in [0.2, 0.25) is 0 Å². The molecule has 2 aromatic rings. The molecular weight excluding hydrogens is 300 g/mol. The average molecular weight is 326 g/mol. The molecule has 24 heavy (non-hydrogen) atoms. The van der Waals surface area contributed by atoms with Crippen LogP contribution in [0.1, 0.15) is 18.9 Å². The largest absolute Gasteiger partial charge is 0.492 e. The van der Waals surface area contributed by atoms with E-state index in [9.17, 15) is 0 Å². The van der Waals surface area contributed by atoms with Gasteiger partial charge in [-0.3, -0.25) is 4.90 Å². The van der Waals surface area contributed by atoms with E-state index in [1.165, 1.54) is 0 Å². The summed E-state index contributed by atoms with van der Waals surface area (Å²) in [5.74, 6) is 1.85. The number of ether oxygens (including phenoxy) is 2. The maximum Gasteiger partial charge on any atom is 0.123 e. The Hall–Kier alpha value is -2.20. The molecule has 2 aromatic carbocycles. The van der Waals surface area contributed by atoms with Gasteiger partial charge in [0.2, 0.25) is 0 Å². The van der Waals surface area contributed by atoms with E-state index in [0.29, 0.717) is 6.61 Å². The molecule has 3 rings (SSSR count). The lowest BCUT2D eigenvalue weighted by Crippen LogP contribution is -2.37. The maximum atomic E-state index is 6.31. The molecule has 1 aliphatic rings. The fraction of sp³-hybridized carbons (Fsp3) is 0.400. The summed E-state index contributed by atoms with van der Waals surface area (Å²) in [4.78, 5) is 2.40. The van der Waals surface area contributed by atoms with Crippen molar-refractivity contribution in [3.8, 4) is 11.5 Å². The molecular formula is C20H26N2O2. The predicted octanol–water partition coefficient (Wildman–Crippen LogP) is 3.50. The average Bonchev–Trinajstić information content (AvgIpc) is 2.93. The summed E-state index contributed by atoms with van der Waals surface area (Å²) in [6.45, 7) is 7.77. The highest BCUT2D eigenvalue weighted by molar-refractivity contribution is 5.47. The summed E-state index contributed by atoms with van der Waals surface area (Å²) in [5, 5.41) is 0. The second-order valence-corrected chi connectivity index (χ2v) is 6.76. The monoisotopic (exact) mass is 326 g/mol. The van der Waals surface area contributed by atoms with Crippen molar-refractivity contribution in [2.75, 3.05) is 32.0 Å². The third-order valence-corrected chi connectivity index (χ3v) is 4.49. The molecule has 1 aliphatic heterocycles. The Bertz CT molecular complexity index is 675. The van der Waals surface area contributed by atoms with E-state index in [1.807, 2.05) is 55.5 Å². The molecule has 0 aromatic heterocycles. The number of nitrogens with zero attached hydrogens (tertiary/aromatic N) is 1.